The molecule has 1 atom stereocenters. The fourth-order valence-corrected chi connectivity index (χ4v) is 4.12. The van der Waals surface area contributed by atoms with E-state index in [9.17, 15) is 14.4 Å². The summed E-state index contributed by atoms with van der Waals surface area (Å²) < 4.78 is 5.22. The first-order chi connectivity index (χ1) is 14.5. The zero-order chi connectivity index (χ0) is 21.3. The third-order valence-corrected chi connectivity index (χ3v) is 5.83. The molecule has 0 unspecified atom stereocenters. The molecule has 2 aromatic rings. The monoisotopic (exact) mass is 407 g/mol. The number of ether oxygens (including phenoxy) is 1. The van der Waals surface area contributed by atoms with Crippen molar-refractivity contribution in [1.82, 2.24) is 4.90 Å². The molecule has 2 heterocycles. The lowest BCUT2D eigenvalue weighted by molar-refractivity contribution is -0.123. The van der Waals surface area contributed by atoms with Gasteiger partial charge in [0.15, 0.2) is 5.78 Å². The van der Waals surface area contributed by atoms with Gasteiger partial charge < -0.3 is 9.64 Å². The van der Waals surface area contributed by atoms with Gasteiger partial charge in [0.05, 0.1) is 25.3 Å². The van der Waals surface area contributed by atoms with Gasteiger partial charge in [0.1, 0.15) is 5.75 Å². The molecule has 2 aliphatic heterocycles. The Morgan fingerprint density at radius 2 is 1.67 bits per heavy atom. The van der Waals surface area contributed by atoms with E-state index in [-0.39, 0.29) is 24.0 Å². The summed E-state index contributed by atoms with van der Waals surface area (Å²) in [5, 5.41) is 0. The number of benzene rings is 2. The minimum absolute atomic E-state index is 0.0522. The van der Waals surface area contributed by atoms with Crippen molar-refractivity contribution in [3.63, 3.8) is 0 Å². The zero-order valence-electron chi connectivity index (χ0n) is 17.2. The molecule has 2 aromatic carbocycles. The van der Waals surface area contributed by atoms with Crippen molar-refractivity contribution in [1.29, 1.82) is 0 Å². The molecule has 7 nitrogen and oxygen atoms in total. The van der Waals surface area contributed by atoms with E-state index >= 15 is 0 Å². The number of rotatable bonds is 5. The minimum Gasteiger partial charge on any atom is -0.497 e. The van der Waals surface area contributed by atoms with Crippen LogP contribution in [0.5, 0.6) is 5.75 Å². The largest absolute Gasteiger partial charge is 0.497 e. The number of piperazine rings is 1. The highest BCUT2D eigenvalue weighted by Gasteiger charge is 2.43. The molecule has 0 aromatic heterocycles. The Bertz CT molecular complexity index is 965. The Kier molecular flexibility index (Phi) is 5.55. The summed E-state index contributed by atoms with van der Waals surface area (Å²) in [5.41, 5.74) is 2.31. The van der Waals surface area contributed by atoms with Crippen molar-refractivity contribution in [2.24, 2.45) is 0 Å². The lowest BCUT2D eigenvalue weighted by atomic mass is 10.1. The van der Waals surface area contributed by atoms with Crippen LogP contribution in [0.3, 0.4) is 0 Å². The molecule has 2 saturated heterocycles. The van der Waals surface area contributed by atoms with E-state index in [2.05, 4.69) is 9.80 Å². The summed E-state index contributed by atoms with van der Waals surface area (Å²) in [7, 11) is 1.56. The molecule has 30 heavy (non-hydrogen) atoms. The zero-order valence-corrected chi connectivity index (χ0v) is 17.2. The number of carbonyl (C=O) groups is 3. The molecule has 0 spiro atoms. The number of imide groups is 1. The number of carbonyl (C=O) groups excluding carboxylic acids is 3. The Morgan fingerprint density at radius 3 is 2.30 bits per heavy atom. The maximum atomic E-state index is 13.0. The highest BCUT2D eigenvalue weighted by Crippen LogP contribution is 2.29. The standard InChI is InChI=1S/C23H25N3O4/c1-16(27)17-6-8-18(9-7-17)24-10-12-25(13-11-24)21-15-22(28)26(23(21)29)19-4-3-5-20(14-19)30-2/h3-9,14,21H,10-13,15H2,1-2H3/t21-/m0/s1. The van der Waals surface area contributed by atoms with Crippen LogP contribution in [-0.2, 0) is 9.59 Å². The SMILES string of the molecule is COc1cccc(N2C(=O)C[C@H](N3CCN(c4ccc(C(C)=O)cc4)CC3)C2=O)c1. The number of methoxy groups -OCH3 is 1. The molecule has 0 bridgehead atoms. The molecule has 2 amide bonds. The molecule has 2 aliphatic rings. The molecule has 0 aliphatic carbocycles. The fraction of sp³-hybridized carbons (Fsp3) is 0.348. The van der Waals surface area contributed by atoms with Gasteiger partial charge in [-0.05, 0) is 43.3 Å². The second kappa shape index (κ2) is 8.28. The van der Waals surface area contributed by atoms with Gasteiger partial charge in [-0.3, -0.25) is 19.3 Å². The predicted octanol–water partition coefficient (Wildman–Crippen LogP) is 2.35. The van der Waals surface area contributed by atoms with Crippen molar-refractivity contribution < 1.29 is 19.1 Å². The first-order valence-corrected chi connectivity index (χ1v) is 10.1. The summed E-state index contributed by atoms with van der Waals surface area (Å²) in [6.45, 7) is 4.48. The number of ketones is 1. The molecular weight excluding hydrogens is 382 g/mol. The number of hydrogen-bond acceptors (Lipinski definition) is 6. The molecule has 0 radical (unpaired) electrons. The highest BCUT2D eigenvalue weighted by molar-refractivity contribution is 6.22. The smallest absolute Gasteiger partial charge is 0.251 e. The molecule has 4 rings (SSSR count). The Balaban J connectivity index is 1.41. The van der Waals surface area contributed by atoms with Crippen LogP contribution < -0.4 is 14.5 Å². The van der Waals surface area contributed by atoms with Crippen LogP contribution >= 0.6 is 0 Å². The number of amides is 2. The average molecular weight is 407 g/mol. The molecular formula is C23H25N3O4. The summed E-state index contributed by atoms with van der Waals surface area (Å²) >= 11 is 0. The van der Waals surface area contributed by atoms with E-state index in [1.165, 1.54) is 4.90 Å². The Hall–Kier alpha value is -3.19. The van der Waals surface area contributed by atoms with E-state index in [1.807, 2.05) is 24.3 Å². The summed E-state index contributed by atoms with van der Waals surface area (Å²) in [4.78, 5) is 42.7. The van der Waals surface area contributed by atoms with Crippen molar-refractivity contribution in [2.75, 3.05) is 43.1 Å². The van der Waals surface area contributed by atoms with Crippen molar-refractivity contribution >= 4 is 29.0 Å². The van der Waals surface area contributed by atoms with Gasteiger partial charge in [-0.15, -0.1) is 0 Å². The maximum Gasteiger partial charge on any atom is 0.251 e. The number of anilines is 2. The Labute approximate surface area is 175 Å². The van der Waals surface area contributed by atoms with E-state index in [0.717, 1.165) is 18.8 Å². The predicted molar refractivity (Wildman–Crippen MR) is 114 cm³/mol. The van der Waals surface area contributed by atoms with E-state index in [0.29, 0.717) is 30.1 Å². The number of hydrogen-bond donors (Lipinski definition) is 0. The first kappa shape index (κ1) is 20.1. The molecule has 7 heteroatoms. The summed E-state index contributed by atoms with van der Waals surface area (Å²) in [6.07, 6.45) is 0.198. The van der Waals surface area contributed by atoms with Gasteiger partial charge >= 0.3 is 0 Å². The van der Waals surface area contributed by atoms with Gasteiger partial charge in [0, 0.05) is 43.5 Å². The minimum atomic E-state index is -0.425. The van der Waals surface area contributed by atoms with Crippen LogP contribution in [0.1, 0.15) is 23.7 Å². The first-order valence-electron chi connectivity index (χ1n) is 10.1. The van der Waals surface area contributed by atoms with Crippen LogP contribution in [-0.4, -0.2) is 61.8 Å². The third-order valence-electron chi connectivity index (χ3n) is 5.83. The van der Waals surface area contributed by atoms with Crippen LogP contribution in [0.4, 0.5) is 11.4 Å². The van der Waals surface area contributed by atoms with Crippen LogP contribution in [0.25, 0.3) is 0 Å². The lowest BCUT2D eigenvalue weighted by Crippen LogP contribution is -2.52. The van der Waals surface area contributed by atoms with Crippen molar-refractivity contribution in [3.8, 4) is 5.75 Å². The second-order valence-electron chi connectivity index (χ2n) is 7.61. The third kappa shape index (κ3) is 3.80. The van der Waals surface area contributed by atoms with Gasteiger partial charge in [0.2, 0.25) is 5.91 Å². The molecule has 0 saturated carbocycles. The average Bonchev–Trinajstić information content (AvgIpc) is 3.07. The topological polar surface area (TPSA) is 70.2 Å². The van der Waals surface area contributed by atoms with Gasteiger partial charge in [-0.25, -0.2) is 4.90 Å². The molecule has 156 valence electrons. The van der Waals surface area contributed by atoms with Gasteiger partial charge in [0.25, 0.3) is 5.91 Å². The van der Waals surface area contributed by atoms with E-state index in [4.69, 9.17) is 4.74 Å². The lowest BCUT2D eigenvalue weighted by Gasteiger charge is -2.38. The second-order valence-corrected chi connectivity index (χ2v) is 7.61. The summed E-state index contributed by atoms with van der Waals surface area (Å²) in [6, 6.07) is 14.2. The van der Waals surface area contributed by atoms with Crippen LogP contribution in [0, 0.1) is 0 Å². The van der Waals surface area contributed by atoms with E-state index < -0.39 is 6.04 Å². The van der Waals surface area contributed by atoms with Gasteiger partial charge in [-0.2, -0.15) is 0 Å². The van der Waals surface area contributed by atoms with E-state index in [1.54, 1.807) is 38.3 Å². The fourth-order valence-electron chi connectivity index (χ4n) is 4.12. The van der Waals surface area contributed by atoms with Crippen molar-refractivity contribution in [2.45, 2.75) is 19.4 Å². The summed E-state index contributed by atoms with van der Waals surface area (Å²) in [5.74, 6) is 0.311. The number of Topliss-reactive ketones (excluding diaryl/α,β-unsaturated/α-hetero) is 1. The maximum absolute atomic E-state index is 13.0. The van der Waals surface area contributed by atoms with Crippen molar-refractivity contribution in [3.05, 3.63) is 54.1 Å². The normalized spacial score (nSPS) is 20.0. The van der Waals surface area contributed by atoms with Gasteiger partial charge in [-0.1, -0.05) is 6.07 Å². The molecule has 0 N–H and O–H groups in total. The van der Waals surface area contributed by atoms with Crippen LogP contribution in [0.15, 0.2) is 48.5 Å². The quantitative estimate of drug-likeness (QED) is 0.560. The Morgan fingerprint density at radius 1 is 0.967 bits per heavy atom. The highest BCUT2D eigenvalue weighted by atomic mass is 16.5. The molecule has 2 fully saturated rings. The van der Waals surface area contributed by atoms with Crippen LogP contribution in [0.2, 0.25) is 0 Å². The number of nitrogens with zero attached hydrogens (tertiary/aromatic N) is 3.